The van der Waals surface area contributed by atoms with Crippen LogP contribution in [-0.2, 0) is 11.2 Å². The Hall–Kier alpha value is -2.12. The summed E-state index contributed by atoms with van der Waals surface area (Å²) >= 11 is 0. The molecule has 1 aromatic heterocycles. The zero-order valence-corrected chi connectivity index (χ0v) is 16.6. The van der Waals surface area contributed by atoms with Gasteiger partial charge in [-0.2, -0.15) is 4.98 Å². The van der Waals surface area contributed by atoms with Crippen LogP contribution in [0, 0.1) is 0 Å². The molecule has 8 heteroatoms. The molecule has 0 aliphatic carbocycles. The van der Waals surface area contributed by atoms with Crippen LogP contribution in [0.3, 0.4) is 0 Å². The molecule has 1 fully saturated rings. The molecule has 1 aromatic carbocycles. The topological polar surface area (TPSA) is 80.5 Å². The van der Waals surface area contributed by atoms with E-state index >= 15 is 0 Å². The Morgan fingerprint density at radius 1 is 1.33 bits per heavy atom. The van der Waals surface area contributed by atoms with Crippen LogP contribution in [0.1, 0.15) is 37.4 Å². The highest BCUT2D eigenvalue weighted by Crippen LogP contribution is 2.27. The quantitative estimate of drug-likeness (QED) is 0.776. The third-order valence-corrected chi connectivity index (χ3v) is 4.77. The lowest BCUT2D eigenvalue weighted by atomic mass is 9.97. The molecule has 1 atom stereocenters. The Balaban J connectivity index is 0.00000261. The van der Waals surface area contributed by atoms with Crippen molar-refractivity contribution < 1.29 is 14.1 Å². The average Bonchev–Trinajstić information content (AvgIpc) is 3.15. The molecule has 2 aromatic rings. The fourth-order valence-electron chi connectivity index (χ4n) is 3.02. The fourth-order valence-corrected chi connectivity index (χ4v) is 3.02. The number of carbonyl (C=O) groups is 1. The molecule has 3 rings (SSSR count). The van der Waals surface area contributed by atoms with E-state index in [9.17, 15) is 4.79 Å². The molecule has 1 aliphatic rings. The summed E-state index contributed by atoms with van der Waals surface area (Å²) in [4.78, 5) is 18.7. The van der Waals surface area contributed by atoms with E-state index in [1.54, 1.807) is 0 Å². The van der Waals surface area contributed by atoms with E-state index < -0.39 is 0 Å². The molecule has 0 spiro atoms. The summed E-state index contributed by atoms with van der Waals surface area (Å²) in [5, 5.41) is 7.24. The van der Waals surface area contributed by atoms with Gasteiger partial charge in [0.05, 0.1) is 0 Å². The van der Waals surface area contributed by atoms with Crippen molar-refractivity contribution in [2.75, 3.05) is 26.7 Å². The maximum atomic E-state index is 12.3. The predicted octanol–water partition coefficient (Wildman–Crippen LogP) is 2.43. The van der Waals surface area contributed by atoms with E-state index in [0.29, 0.717) is 30.8 Å². The van der Waals surface area contributed by atoms with Crippen LogP contribution in [0.2, 0.25) is 0 Å². The van der Waals surface area contributed by atoms with Crippen molar-refractivity contribution in [1.82, 2.24) is 20.4 Å². The zero-order valence-electron chi connectivity index (χ0n) is 15.8. The standard InChI is InChI=1S/C19H26N4O3.ClH/c1-14(20-2)12-17-21-19(26-22-17)15-8-10-23(11-9-15)18(24)13-25-16-6-4-3-5-7-16;/h3-7,14-15,20H,8-13H2,1-2H3;1H. The van der Waals surface area contributed by atoms with Crippen molar-refractivity contribution in [1.29, 1.82) is 0 Å². The maximum Gasteiger partial charge on any atom is 0.260 e. The average molecular weight is 395 g/mol. The molecular weight excluding hydrogens is 368 g/mol. The lowest BCUT2D eigenvalue weighted by Gasteiger charge is -2.30. The highest BCUT2D eigenvalue weighted by Gasteiger charge is 2.27. The van der Waals surface area contributed by atoms with Crippen molar-refractivity contribution in [3.05, 3.63) is 42.0 Å². The van der Waals surface area contributed by atoms with Crippen molar-refractivity contribution in [2.45, 2.75) is 38.1 Å². The van der Waals surface area contributed by atoms with E-state index in [-0.39, 0.29) is 30.8 Å². The second-order valence-electron chi connectivity index (χ2n) is 6.70. The van der Waals surface area contributed by atoms with Gasteiger partial charge in [0.1, 0.15) is 5.75 Å². The van der Waals surface area contributed by atoms with Gasteiger partial charge in [-0.3, -0.25) is 4.79 Å². The monoisotopic (exact) mass is 394 g/mol. The minimum Gasteiger partial charge on any atom is -0.484 e. The molecule has 7 nitrogen and oxygen atoms in total. The summed E-state index contributed by atoms with van der Waals surface area (Å²) in [5.41, 5.74) is 0. The lowest BCUT2D eigenvalue weighted by molar-refractivity contribution is -0.134. The third kappa shape index (κ3) is 5.94. The molecule has 0 radical (unpaired) electrons. The van der Waals surface area contributed by atoms with Gasteiger partial charge >= 0.3 is 0 Å². The number of piperidine rings is 1. The number of hydrogen-bond acceptors (Lipinski definition) is 6. The number of likely N-dealkylation sites (N-methyl/N-ethyl adjacent to an activating group) is 1. The molecule has 1 unspecified atom stereocenters. The van der Waals surface area contributed by atoms with Crippen molar-refractivity contribution >= 4 is 18.3 Å². The van der Waals surface area contributed by atoms with Crippen molar-refractivity contribution in [3.8, 4) is 5.75 Å². The largest absolute Gasteiger partial charge is 0.484 e. The maximum absolute atomic E-state index is 12.3. The lowest BCUT2D eigenvalue weighted by Crippen LogP contribution is -2.40. The van der Waals surface area contributed by atoms with E-state index in [4.69, 9.17) is 9.26 Å². The van der Waals surface area contributed by atoms with Gasteiger partial charge in [-0.05, 0) is 38.9 Å². The number of benzene rings is 1. The van der Waals surface area contributed by atoms with Gasteiger partial charge in [0, 0.05) is 31.5 Å². The van der Waals surface area contributed by atoms with Gasteiger partial charge in [-0.15, -0.1) is 12.4 Å². The van der Waals surface area contributed by atoms with Gasteiger partial charge in [-0.1, -0.05) is 23.4 Å². The first-order valence-electron chi connectivity index (χ1n) is 9.11. The number of carbonyl (C=O) groups excluding carboxylic acids is 1. The second-order valence-corrected chi connectivity index (χ2v) is 6.70. The van der Waals surface area contributed by atoms with Crippen molar-refractivity contribution in [3.63, 3.8) is 0 Å². The summed E-state index contributed by atoms with van der Waals surface area (Å²) in [6.45, 7) is 3.53. The highest BCUT2D eigenvalue weighted by atomic mass is 35.5. The van der Waals surface area contributed by atoms with Gasteiger partial charge in [0.15, 0.2) is 12.4 Å². The number of aromatic nitrogens is 2. The first-order chi connectivity index (χ1) is 12.7. The highest BCUT2D eigenvalue weighted by molar-refractivity contribution is 5.85. The minimum absolute atomic E-state index is 0. The molecular formula is C19H27ClN4O3. The van der Waals surface area contributed by atoms with Gasteiger partial charge in [0.25, 0.3) is 5.91 Å². The van der Waals surface area contributed by atoms with Gasteiger partial charge in [-0.25, -0.2) is 0 Å². The number of nitrogens with zero attached hydrogens (tertiary/aromatic N) is 3. The Morgan fingerprint density at radius 3 is 2.70 bits per heavy atom. The second kappa shape index (κ2) is 10.3. The van der Waals surface area contributed by atoms with E-state index in [1.165, 1.54) is 0 Å². The first kappa shape index (κ1) is 21.2. The summed E-state index contributed by atoms with van der Waals surface area (Å²) in [6, 6.07) is 9.71. The summed E-state index contributed by atoms with van der Waals surface area (Å²) in [7, 11) is 1.92. The van der Waals surface area contributed by atoms with Crippen LogP contribution in [-0.4, -0.2) is 53.7 Å². The number of ether oxygens (including phenoxy) is 1. The molecule has 1 aliphatic heterocycles. The Bertz CT molecular complexity index is 702. The smallest absolute Gasteiger partial charge is 0.260 e. The molecule has 2 heterocycles. The van der Waals surface area contributed by atoms with Crippen LogP contribution < -0.4 is 10.1 Å². The number of hydrogen-bond donors (Lipinski definition) is 1. The molecule has 27 heavy (non-hydrogen) atoms. The van der Waals surface area contributed by atoms with Crippen LogP contribution >= 0.6 is 12.4 Å². The van der Waals surface area contributed by atoms with E-state index in [0.717, 1.165) is 25.1 Å². The van der Waals surface area contributed by atoms with Crippen LogP contribution in [0.4, 0.5) is 0 Å². The number of likely N-dealkylation sites (tertiary alicyclic amines) is 1. The van der Waals surface area contributed by atoms with Gasteiger partial charge < -0.3 is 19.5 Å². The van der Waals surface area contributed by atoms with E-state index in [1.807, 2.05) is 42.3 Å². The fraction of sp³-hybridized carbons (Fsp3) is 0.526. The van der Waals surface area contributed by atoms with Gasteiger partial charge in [0.2, 0.25) is 5.89 Å². The Morgan fingerprint density at radius 2 is 2.04 bits per heavy atom. The first-order valence-corrected chi connectivity index (χ1v) is 9.11. The van der Waals surface area contributed by atoms with Crippen LogP contribution in [0.5, 0.6) is 5.75 Å². The number of halogens is 1. The SMILES string of the molecule is CNC(C)Cc1noc(C2CCN(C(=O)COc3ccccc3)CC2)n1.Cl. The van der Waals surface area contributed by atoms with Crippen molar-refractivity contribution in [2.24, 2.45) is 0 Å². The summed E-state index contributed by atoms with van der Waals surface area (Å²) in [6.07, 6.45) is 2.41. The molecule has 148 valence electrons. The minimum atomic E-state index is 0. The molecule has 0 bridgehead atoms. The zero-order chi connectivity index (χ0) is 18.4. The number of nitrogens with one attached hydrogen (secondary N) is 1. The number of amides is 1. The predicted molar refractivity (Wildman–Crippen MR) is 104 cm³/mol. The Labute approximate surface area is 165 Å². The van der Waals surface area contributed by atoms with E-state index in [2.05, 4.69) is 22.4 Å². The Kier molecular flexibility index (Phi) is 8.06. The molecule has 1 amide bonds. The van der Waals surface area contributed by atoms with Crippen LogP contribution in [0.25, 0.3) is 0 Å². The molecule has 1 saturated heterocycles. The number of para-hydroxylation sites is 1. The normalized spacial score (nSPS) is 15.9. The van der Waals surface area contributed by atoms with Crippen LogP contribution in [0.15, 0.2) is 34.9 Å². The third-order valence-electron chi connectivity index (χ3n) is 4.77. The summed E-state index contributed by atoms with van der Waals surface area (Å²) < 4.78 is 11.0. The molecule has 0 saturated carbocycles. The molecule has 1 N–H and O–H groups in total. The number of rotatable bonds is 7. The summed E-state index contributed by atoms with van der Waals surface area (Å²) in [5.74, 6) is 2.37.